The quantitative estimate of drug-likeness (QED) is 0.841. The number of aromatic nitrogens is 1. The molecule has 88 valence electrons. The Morgan fingerprint density at radius 3 is 3.06 bits per heavy atom. The number of oxazole rings is 1. The molecule has 0 aliphatic heterocycles. The van der Waals surface area contributed by atoms with E-state index in [2.05, 4.69) is 16.6 Å². The molecule has 0 spiro atoms. The first kappa shape index (κ1) is 11.3. The van der Waals surface area contributed by atoms with Crippen LogP contribution in [0.15, 0.2) is 10.7 Å². The Morgan fingerprint density at radius 2 is 2.50 bits per heavy atom. The number of hydrogen-bond acceptors (Lipinski definition) is 5. The summed E-state index contributed by atoms with van der Waals surface area (Å²) in [6, 6.07) is 0.655. The summed E-state index contributed by atoms with van der Waals surface area (Å²) in [5.41, 5.74) is -0.0538. The molecule has 0 radical (unpaired) electrons. The molecule has 0 saturated heterocycles. The van der Waals surface area contributed by atoms with Gasteiger partial charge in [-0.15, -0.1) is 0 Å². The smallest absolute Gasteiger partial charge is 0.357 e. The van der Waals surface area contributed by atoms with Crippen molar-refractivity contribution in [2.45, 2.75) is 30.6 Å². The molecule has 0 bridgehead atoms. The molecular weight excluding hydrogens is 228 g/mol. The predicted molar refractivity (Wildman–Crippen MR) is 62.0 cm³/mol. The number of aromatic carboxylic acids is 1. The maximum Gasteiger partial charge on any atom is 0.357 e. The van der Waals surface area contributed by atoms with Crippen LogP contribution >= 0.6 is 11.8 Å². The lowest BCUT2D eigenvalue weighted by atomic mass is 10.3. The summed E-state index contributed by atoms with van der Waals surface area (Å²) in [6.07, 6.45) is 6.61. The number of hydrogen-bond donors (Lipinski definition) is 2. The zero-order valence-corrected chi connectivity index (χ0v) is 9.79. The third-order valence-corrected chi connectivity index (χ3v) is 3.86. The summed E-state index contributed by atoms with van der Waals surface area (Å²) in [4.78, 5) is 14.4. The summed E-state index contributed by atoms with van der Waals surface area (Å²) in [7, 11) is 0. The molecule has 1 aromatic rings. The number of rotatable bonds is 4. The Bertz CT molecular complexity index is 380. The molecule has 6 heteroatoms. The molecule has 1 aromatic heterocycles. The topological polar surface area (TPSA) is 75.4 Å². The lowest BCUT2D eigenvalue weighted by molar-refractivity contribution is 0.0690. The van der Waals surface area contributed by atoms with Crippen LogP contribution in [0, 0.1) is 0 Å². The van der Waals surface area contributed by atoms with Crippen molar-refractivity contribution < 1.29 is 14.3 Å². The first-order valence-electron chi connectivity index (χ1n) is 5.17. The Labute approximate surface area is 97.6 Å². The number of carboxylic acid groups (broad SMARTS) is 1. The summed E-state index contributed by atoms with van der Waals surface area (Å²) in [5, 5.41) is 12.5. The Kier molecular flexibility index (Phi) is 3.38. The van der Waals surface area contributed by atoms with Gasteiger partial charge in [-0.1, -0.05) is 0 Å². The number of thioether (sulfide) groups is 1. The molecule has 2 N–H and O–H groups in total. The highest BCUT2D eigenvalue weighted by Crippen LogP contribution is 2.29. The van der Waals surface area contributed by atoms with E-state index >= 15 is 0 Å². The second-order valence-electron chi connectivity index (χ2n) is 3.86. The number of carbonyl (C=O) groups is 1. The molecular formula is C10H14N2O3S. The zero-order valence-electron chi connectivity index (χ0n) is 8.97. The van der Waals surface area contributed by atoms with Crippen LogP contribution in [-0.2, 0) is 0 Å². The van der Waals surface area contributed by atoms with Gasteiger partial charge in [0.05, 0.1) is 0 Å². The van der Waals surface area contributed by atoms with Gasteiger partial charge in [-0.2, -0.15) is 16.7 Å². The minimum atomic E-state index is -1.06. The van der Waals surface area contributed by atoms with Gasteiger partial charge in [-0.05, 0) is 25.5 Å². The molecule has 5 nitrogen and oxygen atoms in total. The van der Waals surface area contributed by atoms with Crippen molar-refractivity contribution in [1.29, 1.82) is 0 Å². The van der Waals surface area contributed by atoms with Crippen LogP contribution in [0.2, 0.25) is 0 Å². The Morgan fingerprint density at radius 1 is 1.69 bits per heavy atom. The largest absolute Gasteiger partial charge is 0.476 e. The number of anilines is 1. The van der Waals surface area contributed by atoms with Gasteiger partial charge in [0.1, 0.15) is 6.26 Å². The van der Waals surface area contributed by atoms with E-state index in [1.54, 1.807) is 0 Å². The van der Waals surface area contributed by atoms with Crippen molar-refractivity contribution in [3.8, 4) is 0 Å². The Balaban J connectivity index is 1.92. The number of nitrogens with zero attached hydrogens (tertiary/aromatic N) is 1. The van der Waals surface area contributed by atoms with Crippen LogP contribution in [0.3, 0.4) is 0 Å². The average Bonchev–Trinajstić information content (AvgIpc) is 2.87. The number of carboxylic acids is 1. The van der Waals surface area contributed by atoms with Crippen molar-refractivity contribution in [1.82, 2.24) is 4.98 Å². The summed E-state index contributed by atoms with van der Waals surface area (Å²) < 4.78 is 5.05. The standard InChI is InChI=1S/C10H14N2O3S/c1-16-7-3-2-6(4-7)11-10-12-8(5-15-10)9(13)14/h5-7H,2-4H2,1H3,(H,11,12)(H,13,14). The van der Waals surface area contributed by atoms with Crippen LogP contribution < -0.4 is 5.32 Å². The normalized spacial score (nSPS) is 24.6. The van der Waals surface area contributed by atoms with E-state index in [9.17, 15) is 4.79 Å². The molecule has 0 amide bonds. The molecule has 16 heavy (non-hydrogen) atoms. The predicted octanol–water partition coefficient (Wildman–Crippen LogP) is 2.07. The van der Waals surface area contributed by atoms with Gasteiger partial charge >= 0.3 is 5.97 Å². The molecule has 2 rings (SSSR count). The van der Waals surface area contributed by atoms with E-state index in [1.807, 2.05) is 11.8 Å². The van der Waals surface area contributed by atoms with Crippen LogP contribution in [-0.4, -0.2) is 33.6 Å². The molecule has 1 aliphatic rings. The second-order valence-corrected chi connectivity index (χ2v) is 4.99. The van der Waals surface area contributed by atoms with Gasteiger partial charge in [0.25, 0.3) is 6.01 Å². The highest BCUT2D eigenvalue weighted by molar-refractivity contribution is 7.99. The summed E-state index contributed by atoms with van der Waals surface area (Å²) in [6.45, 7) is 0. The van der Waals surface area contributed by atoms with Crippen LogP contribution in [0.1, 0.15) is 29.8 Å². The van der Waals surface area contributed by atoms with Crippen LogP contribution in [0.5, 0.6) is 0 Å². The van der Waals surface area contributed by atoms with Crippen molar-refractivity contribution in [2.24, 2.45) is 0 Å². The van der Waals surface area contributed by atoms with Gasteiger partial charge in [-0.25, -0.2) is 4.79 Å². The van der Waals surface area contributed by atoms with Gasteiger partial charge in [0, 0.05) is 11.3 Å². The third kappa shape index (κ3) is 2.49. The maximum atomic E-state index is 10.6. The van der Waals surface area contributed by atoms with Crippen LogP contribution in [0.4, 0.5) is 6.01 Å². The van der Waals surface area contributed by atoms with Crippen molar-refractivity contribution in [3.63, 3.8) is 0 Å². The van der Waals surface area contributed by atoms with Crippen molar-refractivity contribution >= 4 is 23.7 Å². The third-order valence-electron chi connectivity index (χ3n) is 2.77. The highest BCUT2D eigenvalue weighted by atomic mass is 32.2. The summed E-state index contributed by atoms with van der Waals surface area (Å²) in [5.74, 6) is -1.06. The zero-order chi connectivity index (χ0) is 11.5. The molecule has 1 heterocycles. The molecule has 1 fully saturated rings. The van der Waals surface area contributed by atoms with Gasteiger partial charge in [-0.3, -0.25) is 0 Å². The monoisotopic (exact) mass is 242 g/mol. The molecule has 2 atom stereocenters. The Hall–Kier alpha value is -1.17. The van der Waals surface area contributed by atoms with Gasteiger partial charge in [0.15, 0.2) is 5.69 Å². The molecule has 1 saturated carbocycles. The molecule has 0 aromatic carbocycles. The first-order chi connectivity index (χ1) is 7.69. The number of nitrogens with one attached hydrogen (secondary N) is 1. The first-order valence-corrected chi connectivity index (χ1v) is 6.46. The van der Waals surface area contributed by atoms with E-state index in [0.29, 0.717) is 17.3 Å². The second kappa shape index (κ2) is 4.78. The molecule has 2 unspecified atom stereocenters. The molecule has 1 aliphatic carbocycles. The van der Waals surface area contributed by atoms with Crippen molar-refractivity contribution in [2.75, 3.05) is 11.6 Å². The fourth-order valence-corrected chi connectivity index (χ4v) is 2.69. The lowest BCUT2D eigenvalue weighted by Crippen LogP contribution is -2.16. The fraction of sp³-hybridized carbons (Fsp3) is 0.600. The lowest BCUT2D eigenvalue weighted by Gasteiger charge is -2.09. The van der Waals surface area contributed by atoms with E-state index in [0.717, 1.165) is 19.1 Å². The van der Waals surface area contributed by atoms with E-state index < -0.39 is 5.97 Å². The van der Waals surface area contributed by atoms with Gasteiger partial charge < -0.3 is 14.8 Å². The fourth-order valence-electron chi connectivity index (χ4n) is 1.90. The van der Waals surface area contributed by atoms with Gasteiger partial charge in [0.2, 0.25) is 0 Å². The van der Waals surface area contributed by atoms with E-state index in [4.69, 9.17) is 9.52 Å². The summed E-state index contributed by atoms with van der Waals surface area (Å²) >= 11 is 1.87. The average molecular weight is 242 g/mol. The van der Waals surface area contributed by atoms with E-state index in [1.165, 1.54) is 6.42 Å². The maximum absolute atomic E-state index is 10.6. The minimum absolute atomic E-state index is 0.0538. The SMILES string of the molecule is CSC1CCC(Nc2nc(C(=O)O)co2)C1. The minimum Gasteiger partial charge on any atom is -0.476 e. The van der Waals surface area contributed by atoms with Crippen LogP contribution in [0.25, 0.3) is 0 Å². The van der Waals surface area contributed by atoms with Crippen molar-refractivity contribution in [3.05, 3.63) is 12.0 Å². The van der Waals surface area contributed by atoms with E-state index in [-0.39, 0.29) is 5.69 Å². The highest BCUT2D eigenvalue weighted by Gasteiger charge is 2.25.